The van der Waals surface area contributed by atoms with Crippen LogP contribution in [-0.2, 0) is 14.0 Å². The molecule has 0 aliphatic carbocycles. The van der Waals surface area contributed by atoms with E-state index in [1.54, 1.807) is 0 Å². The number of allylic oxidation sites excluding steroid dienone is 2. The van der Waals surface area contributed by atoms with Gasteiger partial charge < -0.3 is 9.16 Å². The minimum atomic E-state index is -1.51. The molecule has 19 heavy (non-hydrogen) atoms. The molecule has 0 radical (unpaired) electrons. The largest absolute Gasteiger partial charge is 0.548 e. The minimum Gasteiger partial charge on any atom is -0.548 e. The zero-order valence-electron chi connectivity index (χ0n) is 13.4. The van der Waals surface area contributed by atoms with Crippen LogP contribution < -0.4 is 0 Å². The van der Waals surface area contributed by atoms with Crippen LogP contribution in [-0.4, -0.2) is 20.9 Å². The van der Waals surface area contributed by atoms with Gasteiger partial charge in [-0.3, -0.25) is 4.79 Å². The summed E-state index contributed by atoms with van der Waals surface area (Å²) in [5, 5.41) is 0. The van der Waals surface area contributed by atoms with Gasteiger partial charge in [0.05, 0.1) is 12.4 Å². The number of rotatable bonds is 9. The van der Waals surface area contributed by atoms with Crippen molar-refractivity contribution in [3.63, 3.8) is 0 Å². The normalized spacial score (nSPS) is 14.1. The second-order valence-corrected chi connectivity index (χ2v) is 10.3. The molecule has 0 aliphatic heterocycles. The average Bonchev–Trinajstić information content (AvgIpc) is 2.26. The average molecular weight is 286 g/mol. The molecule has 3 nitrogen and oxygen atoms in total. The Morgan fingerprint density at radius 2 is 1.89 bits per heavy atom. The van der Waals surface area contributed by atoms with Crippen molar-refractivity contribution in [3.05, 3.63) is 11.8 Å². The van der Waals surface area contributed by atoms with Crippen molar-refractivity contribution in [2.75, 3.05) is 6.61 Å². The molecule has 0 aromatic carbocycles. The van der Waals surface area contributed by atoms with E-state index in [4.69, 9.17) is 9.16 Å². The molecule has 4 heteroatoms. The van der Waals surface area contributed by atoms with Gasteiger partial charge in [-0.05, 0) is 51.4 Å². The first-order valence-electron chi connectivity index (χ1n) is 7.33. The van der Waals surface area contributed by atoms with Gasteiger partial charge in [-0.1, -0.05) is 13.8 Å². The van der Waals surface area contributed by atoms with Gasteiger partial charge in [0.15, 0.2) is 0 Å². The van der Waals surface area contributed by atoms with Crippen LogP contribution in [0.4, 0.5) is 0 Å². The van der Waals surface area contributed by atoms with Crippen LogP contribution in [0.15, 0.2) is 11.8 Å². The van der Waals surface area contributed by atoms with Gasteiger partial charge in [-0.25, -0.2) is 0 Å². The Morgan fingerprint density at radius 3 is 2.37 bits per heavy atom. The summed E-state index contributed by atoms with van der Waals surface area (Å²) in [6.45, 7) is 13.2. The second kappa shape index (κ2) is 9.18. The highest BCUT2D eigenvalue weighted by atomic mass is 28.4. The lowest BCUT2D eigenvalue weighted by atomic mass is 10.0. The topological polar surface area (TPSA) is 35.5 Å². The van der Waals surface area contributed by atoms with Crippen LogP contribution >= 0.6 is 0 Å². The molecule has 0 amide bonds. The first-order chi connectivity index (χ1) is 8.78. The second-order valence-electron chi connectivity index (χ2n) is 5.88. The van der Waals surface area contributed by atoms with Crippen molar-refractivity contribution in [1.29, 1.82) is 0 Å². The third-order valence-corrected chi connectivity index (χ3v) is 3.48. The molecule has 0 spiro atoms. The van der Waals surface area contributed by atoms with Crippen LogP contribution in [0, 0.1) is 5.92 Å². The Labute approximate surface area is 119 Å². The minimum absolute atomic E-state index is 0.0901. The molecule has 112 valence electrons. The van der Waals surface area contributed by atoms with E-state index < -0.39 is 8.32 Å². The van der Waals surface area contributed by atoms with Crippen molar-refractivity contribution < 1.29 is 14.0 Å². The SMILES string of the molecule is CCOC(=O)CCCC(C)/C=C(/CC)O[Si](C)(C)C. The maximum atomic E-state index is 11.2. The highest BCUT2D eigenvalue weighted by molar-refractivity contribution is 6.70. The number of hydrogen-bond acceptors (Lipinski definition) is 3. The smallest absolute Gasteiger partial charge is 0.305 e. The van der Waals surface area contributed by atoms with Crippen molar-refractivity contribution in [2.24, 2.45) is 5.92 Å². The monoisotopic (exact) mass is 286 g/mol. The highest BCUT2D eigenvalue weighted by Gasteiger charge is 2.17. The standard InChI is InChI=1S/C15H30O3Si/c1-7-14(18-19(4,5)6)12-13(3)10-9-11-15(16)17-8-2/h12-13H,7-11H2,1-6H3/b14-12-. The Hall–Kier alpha value is -0.773. The van der Waals surface area contributed by atoms with E-state index in [1.807, 2.05) is 6.92 Å². The maximum Gasteiger partial charge on any atom is 0.305 e. The number of hydrogen-bond donors (Lipinski definition) is 0. The molecular formula is C15H30O3Si. The van der Waals surface area contributed by atoms with Gasteiger partial charge in [0.25, 0.3) is 0 Å². The molecule has 0 fully saturated rings. The van der Waals surface area contributed by atoms with Crippen LogP contribution in [0.5, 0.6) is 0 Å². The predicted molar refractivity (Wildman–Crippen MR) is 82.5 cm³/mol. The molecule has 0 N–H and O–H groups in total. The van der Waals surface area contributed by atoms with Crippen LogP contribution in [0.1, 0.15) is 46.5 Å². The summed E-state index contributed by atoms with van der Waals surface area (Å²) in [6, 6.07) is 0. The zero-order valence-corrected chi connectivity index (χ0v) is 14.4. The predicted octanol–water partition coefficient (Wildman–Crippen LogP) is 4.50. The van der Waals surface area contributed by atoms with Crippen LogP contribution in [0.25, 0.3) is 0 Å². The molecule has 0 rings (SSSR count). The molecular weight excluding hydrogens is 256 g/mol. The molecule has 0 bridgehead atoms. The number of carbonyl (C=O) groups excluding carboxylic acids is 1. The third-order valence-electron chi connectivity index (χ3n) is 2.60. The fourth-order valence-electron chi connectivity index (χ4n) is 1.82. The molecule has 1 unspecified atom stereocenters. The molecule has 0 saturated heterocycles. The van der Waals surface area contributed by atoms with Gasteiger partial charge >= 0.3 is 5.97 Å². The van der Waals surface area contributed by atoms with Crippen LogP contribution in [0.3, 0.4) is 0 Å². The Kier molecular flexibility index (Phi) is 8.81. The Balaban J connectivity index is 4.11. The van der Waals surface area contributed by atoms with Gasteiger partial charge in [0, 0.05) is 12.8 Å². The van der Waals surface area contributed by atoms with E-state index >= 15 is 0 Å². The van der Waals surface area contributed by atoms with Crippen molar-refractivity contribution in [1.82, 2.24) is 0 Å². The van der Waals surface area contributed by atoms with E-state index in [2.05, 4.69) is 39.6 Å². The summed E-state index contributed by atoms with van der Waals surface area (Å²) in [6.07, 6.45) is 5.54. The van der Waals surface area contributed by atoms with E-state index in [1.165, 1.54) is 0 Å². The van der Waals surface area contributed by atoms with E-state index in [9.17, 15) is 4.79 Å². The Morgan fingerprint density at radius 1 is 1.26 bits per heavy atom. The van der Waals surface area contributed by atoms with Crippen molar-refractivity contribution >= 4 is 14.3 Å². The lowest BCUT2D eigenvalue weighted by Crippen LogP contribution is -2.24. The van der Waals surface area contributed by atoms with Crippen LogP contribution in [0.2, 0.25) is 19.6 Å². The van der Waals surface area contributed by atoms with E-state index in [0.717, 1.165) is 25.0 Å². The lowest BCUT2D eigenvalue weighted by Gasteiger charge is -2.22. The summed E-state index contributed by atoms with van der Waals surface area (Å²) in [4.78, 5) is 11.2. The number of esters is 1. The first kappa shape index (κ1) is 18.2. The van der Waals surface area contributed by atoms with Gasteiger partial charge in [0.1, 0.15) is 0 Å². The van der Waals surface area contributed by atoms with Gasteiger partial charge in [-0.2, -0.15) is 0 Å². The summed E-state index contributed by atoms with van der Waals surface area (Å²) >= 11 is 0. The molecule has 0 heterocycles. The molecule has 0 saturated carbocycles. The first-order valence-corrected chi connectivity index (χ1v) is 10.7. The summed E-state index contributed by atoms with van der Waals surface area (Å²) in [5.41, 5.74) is 0. The maximum absolute atomic E-state index is 11.2. The molecule has 0 aromatic heterocycles. The zero-order chi connectivity index (χ0) is 14.9. The molecule has 0 aromatic rings. The highest BCUT2D eigenvalue weighted by Crippen LogP contribution is 2.18. The number of carbonyl (C=O) groups is 1. The quantitative estimate of drug-likeness (QED) is 0.355. The molecule has 1 atom stereocenters. The third kappa shape index (κ3) is 10.8. The van der Waals surface area contributed by atoms with E-state index in [0.29, 0.717) is 18.9 Å². The molecule has 0 aliphatic rings. The fourth-order valence-corrected chi connectivity index (χ4v) is 2.82. The summed E-state index contributed by atoms with van der Waals surface area (Å²) < 4.78 is 11.0. The Bertz CT molecular complexity index is 292. The summed E-state index contributed by atoms with van der Waals surface area (Å²) in [5.74, 6) is 1.45. The summed E-state index contributed by atoms with van der Waals surface area (Å²) in [7, 11) is -1.51. The van der Waals surface area contributed by atoms with Crippen molar-refractivity contribution in [2.45, 2.75) is 66.1 Å². The lowest BCUT2D eigenvalue weighted by molar-refractivity contribution is -0.143. The fraction of sp³-hybridized carbons (Fsp3) is 0.800. The van der Waals surface area contributed by atoms with Gasteiger partial charge in [-0.15, -0.1) is 0 Å². The number of ether oxygens (including phenoxy) is 1. The van der Waals surface area contributed by atoms with E-state index in [-0.39, 0.29) is 5.97 Å². The van der Waals surface area contributed by atoms with Gasteiger partial charge in [0.2, 0.25) is 8.32 Å². The van der Waals surface area contributed by atoms with Crippen molar-refractivity contribution in [3.8, 4) is 0 Å².